The van der Waals surface area contributed by atoms with Gasteiger partial charge in [0.1, 0.15) is 5.54 Å². The molecule has 2 aliphatic rings. The average Bonchev–Trinajstić information content (AvgIpc) is 3.13. The van der Waals surface area contributed by atoms with Crippen molar-refractivity contribution in [1.29, 1.82) is 0 Å². The third kappa shape index (κ3) is 4.06. The number of anilines is 1. The summed E-state index contributed by atoms with van der Waals surface area (Å²) in [4.78, 5) is 12.5. The minimum absolute atomic E-state index is 0.0830. The van der Waals surface area contributed by atoms with Gasteiger partial charge in [-0.1, -0.05) is 83.9 Å². The van der Waals surface area contributed by atoms with E-state index in [1.807, 2.05) is 12.1 Å². The lowest BCUT2D eigenvalue weighted by molar-refractivity contribution is -0.143. The number of fused-ring (bicyclic) bond motifs is 2. The Morgan fingerprint density at radius 3 is 2.33 bits per heavy atom. The quantitative estimate of drug-likeness (QED) is 0.414. The van der Waals surface area contributed by atoms with Gasteiger partial charge in [-0.3, -0.25) is 0 Å². The molecule has 0 aromatic heterocycles. The molecule has 168 valence electrons. The highest BCUT2D eigenvalue weighted by molar-refractivity contribution is 6.30. The van der Waals surface area contributed by atoms with Crippen molar-refractivity contribution in [2.24, 2.45) is 0 Å². The maximum atomic E-state index is 12.5. The topological polar surface area (TPSA) is 49.3 Å². The summed E-state index contributed by atoms with van der Waals surface area (Å²) in [7, 11) is 0. The van der Waals surface area contributed by atoms with Crippen molar-refractivity contribution >= 4 is 29.3 Å². The molecule has 3 aromatic rings. The van der Waals surface area contributed by atoms with Crippen molar-refractivity contribution in [1.82, 2.24) is 0 Å². The van der Waals surface area contributed by atoms with Gasteiger partial charge in [-0.2, -0.15) is 0 Å². The smallest absolute Gasteiger partial charge is 0.329 e. The van der Waals surface area contributed by atoms with Crippen LogP contribution >= 0.6 is 11.6 Å². The monoisotopic (exact) mass is 457 g/mol. The molecular weight excluding hydrogens is 430 g/mol. The fourth-order valence-electron chi connectivity index (χ4n) is 5.72. The van der Waals surface area contributed by atoms with E-state index in [9.17, 15) is 9.90 Å². The number of benzene rings is 3. The highest BCUT2D eigenvalue weighted by atomic mass is 35.5. The van der Waals surface area contributed by atoms with Crippen molar-refractivity contribution < 1.29 is 9.90 Å². The number of allylic oxidation sites excluding steroid dienone is 1. The van der Waals surface area contributed by atoms with Crippen LogP contribution in [0.2, 0.25) is 5.02 Å². The van der Waals surface area contributed by atoms with Crippen molar-refractivity contribution in [2.75, 3.05) is 5.32 Å². The van der Waals surface area contributed by atoms with Crippen LogP contribution in [0.4, 0.5) is 5.69 Å². The molecule has 4 heteroatoms. The van der Waals surface area contributed by atoms with Crippen LogP contribution in [0, 0.1) is 0 Å². The number of halogens is 1. The van der Waals surface area contributed by atoms with E-state index in [-0.39, 0.29) is 5.41 Å². The van der Waals surface area contributed by atoms with Crippen LogP contribution < -0.4 is 5.32 Å². The molecule has 3 nitrogen and oxygen atoms in total. The van der Waals surface area contributed by atoms with Gasteiger partial charge in [0.2, 0.25) is 0 Å². The molecule has 2 aliphatic carbocycles. The molecule has 1 fully saturated rings. The standard InChI is InChI=1S/C29H28ClNO2/c30-24-10-6-11-25(20-24)31-29(27(32)33)17-15-28(16-18-29)23(14-13-21-7-2-1-3-8-21)19-22-9-4-5-12-26(22)28/h1-12,19-20,31H,13-18H2,(H,32,33). The van der Waals surface area contributed by atoms with E-state index in [0.717, 1.165) is 31.4 Å². The summed E-state index contributed by atoms with van der Waals surface area (Å²) in [5, 5.41) is 14.2. The van der Waals surface area contributed by atoms with Crippen LogP contribution in [0.3, 0.4) is 0 Å². The molecule has 0 aliphatic heterocycles. The Kier molecular flexibility index (Phi) is 5.76. The first-order chi connectivity index (χ1) is 16.0. The Morgan fingerprint density at radius 1 is 0.879 bits per heavy atom. The Labute approximate surface area is 200 Å². The number of rotatable bonds is 6. The zero-order valence-electron chi connectivity index (χ0n) is 18.6. The van der Waals surface area contributed by atoms with E-state index in [1.165, 1.54) is 22.3 Å². The van der Waals surface area contributed by atoms with Gasteiger partial charge in [0.25, 0.3) is 0 Å². The molecule has 5 rings (SSSR count). The first kappa shape index (κ1) is 21.8. The molecule has 0 bridgehead atoms. The van der Waals surface area contributed by atoms with Crippen LogP contribution in [-0.4, -0.2) is 16.6 Å². The molecule has 0 saturated heterocycles. The highest BCUT2D eigenvalue weighted by Gasteiger charge is 2.51. The maximum absolute atomic E-state index is 12.5. The Bertz CT molecular complexity index is 1190. The van der Waals surface area contributed by atoms with Crippen molar-refractivity contribution in [3.8, 4) is 0 Å². The first-order valence-electron chi connectivity index (χ1n) is 11.6. The largest absolute Gasteiger partial charge is 0.480 e. The predicted octanol–water partition coefficient (Wildman–Crippen LogP) is 7.12. The van der Waals surface area contributed by atoms with E-state index >= 15 is 0 Å². The SMILES string of the molecule is O=C(O)C1(Nc2cccc(Cl)c2)CCC2(CC1)C(CCc1ccccc1)=Cc1ccccc12. The van der Waals surface area contributed by atoms with E-state index in [2.05, 4.69) is 66.0 Å². The lowest BCUT2D eigenvalue weighted by atomic mass is 9.61. The van der Waals surface area contributed by atoms with Gasteiger partial charge in [-0.25, -0.2) is 4.79 Å². The van der Waals surface area contributed by atoms with Crippen LogP contribution in [0.1, 0.15) is 48.8 Å². The molecule has 1 saturated carbocycles. The van der Waals surface area contributed by atoms with E-state index in [4.69, 9.17) is 11.6 Å². The Hall–Kier alpha value is -3.04. The summed E-state index contributed by atoms with van der Waals surface area (Å²) >= 11 is 6.15. The van der Waals surface area contributed by atoms with Crippen LogP contribution in [0.5, 0.6) is 0 Å². The Morgan fingerprint density at radius 2 is 1.61 bits per heavy atom. The van der Waals surface area contributed by atoms with Gasteiger partial charge in [0.05, 0.1) is 0 Å². The highest BCUT2D eigenvalue weighted by Crippen LogP contribution is 2.54. The molecule has 0 heterocycles. The molecule has 0 atom stereocenters. The average molecular weight is 458 g/mol. The molecular formula is C29H28ClNO2. The third-order valence-electron chi connectivity index (χ3n) is 7.52. The second-order valence-electron chi connectivity index (χ2n) is 9.35. The van der Waals surface area contributed by atoms with E-state index in [1.54, 1.807) is 12.1 Å². The number of aliphatic carboxylic acids is 1. The first-order valence-corrected chi connectivity index (χ1v) is 12.0. The summed E-state index contributed by atoms with van der Waals surface area (Å²) in [6.07, 6.45) is 7.08. The van der Waals surface area contributed by atoms with E-state index in [0.29, 0.717) is 17.9 Å². The lowest BCUT2D eigenvalue weighted by Gasteiger charge is -2.45. The van der Waals surface area contributed by atoms with Crippen LogP contribution in [0.15, 0.2) is 84.4 Å². The van der Waals surface area contributed by atoms with Gasteiger partial charge in [-0.05, 0) is 73.4 Å². The van der Waals surface area contributed by atoms with Gasteiger partial charge < -0.3 is 10.4 Å². The number of hydrogen-bond donors (Lipinski definition) is 2. The Balaban J connectivity index is 1.42. The zero-order valence-corrected chi connectivity index (χ0v) is 19.3. The molecule has 3 aromatic carbocycles. The maximum Gasteiger partial charge on any atom is 0.329 e. The van der Waals surface area contributed by atoms with Gasteiger partial charge in [0.15, 0.2) is 0 Å². The molecule has 1 spiro atoms. The lowest BCUT2D eigenvalue weighted by Crippen LogP contribution is -2.52. The summed E-state index contributed by atoms with van der Waals surface area (Å²) in [6.45, 7) is 0. The molecule has 2 N–H and O–H groups in total. The number of carboxylic acid groups (broad SMARTS) is 1. The van der Waals surface area contributed by atoms with Crippen LogP contribution in [-0.2, 0) is 16.6 Å². The van der Waals surface area contributed by atoms with Crippen LogP contribution in [0.25, 0.3) is 6.08 Å². The number of carbonyl (C=O) groups is 1. The van der Waals surface area contributed by atoms with Gasteiger partial charge in [-0.15, -0.1) is 0 Å². The summed E-state index contributed by atoms with van der Waals surface area (Å²) < 4.78 is 0. The normalized spacial score (nSPS) is 23.7. The predicted molar refractivity (Wildman–Crippen MR) is 135 cm³/mol. The molecule has 33 heavy (non-hydrogen) atoms. The summed E-state index contributed by atoms with van der Waals surface area (Å²) in [6, 6.07) is 26.6. The van der Waals surface area contributed by atoms with Crippen molar-refractivity contribution in [3.63, 3.8) is 0 Å². The minimum atomic E-state index is -0.988. The van der Waals surface area contributed by atoms with Crippen molar-refractivity contribution in [3.05, 3.63) is 106 Å². The second kappa shape index (κ2) is 8.72. The zero-order chi connectivity index (χ0) is 22.9. The van der Waals surface area contributed by atoms with Gasteiger partial charge >= 0.3 is 5.97 Å². The molecule has 0 unspecified atom stereocenters. The van der Waals surface area contributed by atoms with Crippen molar-refractivity contribution in [2.45, 2.75) is 49.5 Å². The fraction of sp³-hybridized carbons (Fsp3) is 0.276. The summed E-state index contributed by atoms with van der Waals surface area (Å²) in [5.74, 6) is -0.793. The third-order valence-corrected chi connectivity index (χ3v) is 7.76. The number of aryl methyl sites for hydroxylation is 1. The summed E-state index contributed by atoms with van der Waals surface area (Å²) in [5.41, 5.74) is 5.10. The minimum Gasteiger partial charge on any atom is -0.480 e. The molecule has 0 radical (unpaired) electrons. The number of nitrogens with one attached hydrogen (secondary N) is 1. The number of hydrogen-bond acceptors (Lipinski definition) is 2. The number of carboxylic acids is 1. The molecule has 0 amide bonds. The van der Waals surface area contributed by atoms with E-state index < -0.39 is 11.5 Å². The fourth-order valence-corrected chi connectivity index (χ4v) is 5.91. The van der Waals surface area contributed by atoms with Gasteiger partial charge in [0, 0.05) is 16.1 Å². The second-order valence-corrected chi connectivity index (χ2v) is 9.78.